The van der Waals surface area contributed by atoms with Gasteiger partial charge in [-0.2, -0.15) is 10.4 Å². The van der Waals surface area contributed by atoms with Gasteiger partial charge in [0.15, 0.2) is 0 Å². The van der Waals surface area contributed by atoms with Crippen LogP contribution in [0.25, 0.3) is 5.70 Å². The molecule has 0 radical (unpaired) electrons. The fourth-order valence-electron chi connectivity index (χ4n) is 4.41. The lowest BCUT2D eigenvalue weighted by Crippen LogP contribution is -2.54. The van der Waals surface area contributed by atoms with Gasteiger partial charge in [0.25, 0.3) is 0 Å². The van der Waals surface area contributed by atoms with Crippen molar-refractivity contribution < 1.29 is 9.18 Å². The van der Waals surface area contributed by atoms with Gasteiger partial charge in [0.05, 0.1) is 29.2 Å². The van der Waals surface area contributed by atoms with E-state index < -0.39 is 5.82 Å². The maximum atomic E-state index is 13.9. The van der Waals surface area contributed by atoms with Crippen LogP contribution in [0.1, 0.15) is 36.0 Å². The third-order valence-electron chi connectivity index (χ3n) is 6.38. The van der Waals surface area contributed by atoms with E-state index in [1.165, 1.54) is 6.07 Å². The molecule has 1 amide bonds. The fourth-order valence-corrected chi connectivity index (χ4v) is 4.41. The molecule has 0 spiro atoms. The molecule has 10 nitrogen and oxygen atoms in total. The number of hydrazone groups is 1. The predicted molar refractivity (Wildman–Crippen MR) is 124 cm³/mol. The highest BCUT2D eigenvalue weighted by Gasteiger charge is 2.28. The molecule has 0 saturated carbocycles. The number of fused-ring (bicyclic) bond motifs is 1. The Kier molecular flexibility index (Phi) is 5.83. The van der Waals surface area contributed by atoms with Gasteiger partial charge in [-0.3, -0.25) is 19.7 Å². The Morgan fingerprint density at radius 1 is 1.29 bits per heavy atom. The number of hydrogen-bond donors (Lipinski definition) is 3. The summed E-state index contributed by atoms with van der Waals surface area (Å²) in [6.45, 7) is 2.47. The number of nitriles is 1. The Morgan fingerprint density at radius 3 is 2.91 bits per heavy atom. The number of rotatable bonds is 4. The van der Waals surface area contributed by atoms with Gasteiger partial charge in [0.2, 0.25) is 5.91 Å². The number of carbonyl (C=O) groups excluding carboxylic acids is 1. The summed E-state index contributed by atoms with van der Waals surface area (Å²) in [5.74, 6) is -0.545. The lowest BCUT2D eigenvalue weighted by atomic mass is 9.98. The van der Waals surface area contributed by atoms with Crippen molar-refractivity contribution in [1.29, 1.82) is 5.26 Å². The van der Waals surface area contributed by atoms with Crippen molar-refractivity contribution in [1.82, 2.24) is 31.2 Å². The van der Waals surface area contributed by atoms with E-state index >= 15 is 0 Å². The van der Waals surface area contributed by atoms with Crippen LogP contribution in [0.2, 0.25) is 0 Å². The van der Waals surface area contributed by atoms with Crippen molar-refractivity contribution in [2.45, 2.75) is 38.3 Å². The van der Waals surface area contributed by atoms with E-state index in [9.17, 15) is 14.4 Å². The Morgan fingerprint density at radius 2 is 2.18 bits per heavy atom. The van der Waals surface area contributed by atoms with E-state index in [1.807, 2.05) is 16.0 Å². The first-order chi connectivity index (χ1) is 16.5. The van der Waals surface area contributed by atoms with Crippen LogP contribution in [0, 0.1) is 24.1 Å². The van der Waals surface area contributed by atoms with Crippen molar-refractivity contribution in [3.63, 3.8) is 0 Å². The van der Waals surface area contributed by atoms with Crippen LogP contribution < -0.4 is 16.4 Å². The molecule has 2 unspecified atom stereocenters. The third kappa shape index (κ3) is 4.16. The van der Waals surface area contributed by atoms with Crippen LogP contribution in [-0.2, 0) is 4.79 Å². The van der Waals surface area contributed by atoms with Gasteiger partial charge in [-0.05, 0) is 37.5 Å². The highest BCUT2D eigenvalue weighted by atomic mass is 19.1. The highest BCUT2D eigenvalue weighted by Crippen LogP contribution is 2.29. The summed E-state index contributed by atoms with van der Waals surface area (Å²) in [5, 5.41) is 18.5. The van der Waals surface area contributed by atoms with Gasteiger partial charge < -0.3 is 10.2 Å². The maximum Gasteiger partial charge on any atom is 0.232 e. The second-order valence-corrected chi connectivity index (χ2v) is 8.46. The summed E-state index contributed by atoms with van der Waals surface area (Å²) in [4.78, 5) is 20.8. The molecule has 11 heteroatoms. The summed E-state index contributed by atoms with van der Waals surface area (Å²) in [7, 11) is 0. The SMILES string of the molecule is Cc1c(C2=CN3C=CN(C(=O)CC4CCC(N5C=NNN5)CN4)C=C3C=N2)ccc(F)c1C#N. The van der Waals surface area contributed by atoms with E-state index in [0.29, 0.717) is 23.2 Å². The van der Waals surface area contributed by atoms with Gasteiger partial charge in [-0.1, -0.05) is 0 Å². The normalized spacial score (nSPS) is 23.3. The zero-order valence-corrected chi connectivity index (χ0v) is 18.6. The molecular formula is C23H24FN9O. The van der Waals surface area contributed by atoms with Gasteiger partial charge >= 0.3 is 0 Å². The van der Waals surface area contributed by atoms with E-state index in [-0.39, 0.29) is 23.6 Å². The van der Waals surface area contributed by atoms with Crippen molar-refractivity contribution in [2.24, 2.45) is 10.1 Å². The van der Waals surface area contributed by atoms with Crippen molar-refractivity contribution in [3.05, 3.63) is 65.1 Å². The minimum absolute atomic E-state index is 0.00176. The molecule has 1 aromatic carbocycles. The number of carbonyl (C=O) groups is 1. The first-order valence-corrected chi connectivity index (χ1v) is 11.0. The standard InChI is InChI=1S/C23H24FN9O/c1-15-19(4-5-21(24)20(15)9-25)22-13-31-6-7-32(12-18(31)11-27-22)23(34)8-16-2-3-17(10-26-16)33-14-28-29-30-33/h4-7,11-14,16-17,26,29-30H,2-3,8,10H2,1H3. The number of benzene rings is 1. The average Bonchev–Trinajstić information content (AvgIpc) is 3.39. The summed E-state index contributed by atoms with van der Waals surface area (Å²) in [6, 6.07) is 5.21. The Labute approximate surface area is 196 Å². The highest BCUT2D eigenvalue weighted by molar-refractivity contribution is 5.90. The number of aliphatic imine (C=N–C) groups is 1. The van der Waals surface area contributed by atoms with Crippen molar-refractivity contribution in [2.75, 3.05) is 6.54 Å². The number of halogens is 1. The van der Waals surface area contributed by atoms with Crippen LogP contribution in [0.5, 0.6) is 0 Å². The fraction of sp³-hybridized carbons (Fsp3) is 0.304. The van der Waals surface area contributed by atoms with E-state index in [2.05, 4.69) is 26.5 Å². The van der Waals surface area contributed by atoms with Crippen molar-refractivity contribution in [3.8, 4) is 6.07 Å². The molecule has 3 N–H and O–H groups in total. The number of piperidine rings is 1. The third-order valence-corrected chi connectivity index (χ3v) is 6.38. The Hall–Kier alpha value is -4.01. The van der Waals surface area contributed by atoms with Gasteiger partial charge in [0.1, 0.15) is 18.2 Å². The first-order valence-electron chi connectivity index (χ1n) is 11.0. The zero-order valence-electron chi connectivity index (χ0n) is 18.6. The van der Waals surface area contributed by atoms with Crippen LogP contribution in [0.15, 0.2) is 52.7 Å². The molecule has 34 heavy (non-hydrogen) atoms. The first kappa shape index (κ1) is 21.8. The van der Waals surface area contributed by atoms with E-state index in [4.69, 9.17) is 0 Å². The Balaban J connectivity index is 1.21. The lowest BCUT2D eigenvalue weighted by Gasteiger charge is -2.34. The molecule has 4 heterocycles. The van der Waals surface area contributed by atoms with E-state index in [0.717, 1.165) is 25.1 Å². The molecule has 2 atom stereocenters. The molecular weight excluding hydrogens is 437 g/mol. The lowest BCUT2D eigenvalue weighted by molar-refractivity contribution is -0.127. The molecule has 0 aromatic heterocycles. The average molecular weight is 462 g/mol. The molecule has 174 valence electrons. The molecule has 5 rings (SSSR count). The molecule has 4 aliphatic heterocycles. The molecule has 0 aliphatic carbocycles. The second kappa shape index (κ2) is 9.09. The molecule has 0 bridgehead atoms. The van der Waals surface area contributed by atoms with Gasteiger partial charge in [-0.25, -0.2) is 9.93 Å². The summed E-state index contributed by atoms with van der Waals surface area (Å²) >= 11 is 0. The Bertz CT molecular complexity index is 1190. The quantitative estimate of drug-likeness (QED) is 0.625. The van der Waals surface area contributed by atoms with Gasteiger partial charge in [-0.15, -0.1) is 5.53 Å². The van der Waals surface area contributed by atoms with E-state index in [1.54, 1.807) is 55.2 Å². The minimum Gasteiger partial charge on any atom is -0.318 e. The van der Waals surface area contributed by atoms with Crippen LogP contribution in [0.3, 0.4) is 0 Å². The monoisotopic (exact) mass is 461 g/mol. The topological polar surface area (TPSA) is 111 Å². The number of hydrogen-bond acceptors (Lipinski definition) is 9. The molecule has 1 aromatic rings. The number of amides is 1. The maximum absolute atomic E-state index is 13.9. The smallest absolute Gasteiger partial charge is 0.232 e. The number of nitrogens with one attached hydrogen (secondary N) is 3. The summed E-state index contributed by atoms with van der Waals surface area (Å²) in [6.07, 6.45) is 12.7. The largest absolute Gasteiger partial charge is 0.318 e. The second-order valence-electron chi connectivity index (χ2n) is 8.46. The predicted octanol–water partition coefficient (Wildman–Crippen LogP) is 1.62. The van der Waals surface area contributed by atoms with Gasteiger partial charge in [0, 0.05) is 49.4 Å². The van der Waals surface area contributed by atoms with Crippen molar-refractivity contribution >= 4 is 24.2 Å². The summed E-state index contributed by atoms with van der Waals surface area (Å²) in [5.41, 5.74) is 8.26. The van der Waals surface area contributed by atoms with Crippen LogP contribution in [-0.4, -0.2) is 51.9 Å². The van der Waals surface area contributed by atoms with Crippen LogP contribution in [0.4, 0.5) is 4.39 Å². The summed E-state index contributed by atoms with van der Waals surface area (Å²) < 4.78 is 13.9. The molecule has 1 fully saturated rings. The molecule has 4 aliphatic rings. The number of allylic oxidation sites excluding steroid dienone is 1. The number of nitrogens with zero attached hydrogens (tertiary/aromatic N) is 6. The zero-order chi connectivity index (χ0) is 23.7. The number of hydrazine groups is 2. The van der Waals surface area contributed by atoms with Crippen LogP contribution >= 0.6 is 0 Å². The minimum atomic E-state index is -0.543. The molecule has 1 saturated heterocycles.